The van der Waals surface area contributed by atoms with Crippen LogP contribution in [0.3, 0.4) is 0 Å². The van der Waals surface area contributed by atoms with Gasteiger partial charge in [-0.2, -0.15) is 0 Å². The molecule has 0 saturated carbocycles. The monoisotopic (exact) mass is 368 g/mol. The van der Waals surface area contributed by atoms with Gasteiger partial charge in [-0.1, -0.05) is 83.1 Å². The van der Waals surface area contributed by atoms with Gasteiger partial charge in [0, 0.05) is 0 Å². The second-order valence-corrected chi connectivity index (χ2v) is 7.72. The molecule has 2 aromatic rings. The zero-order valence-corrected chi connectivity index (χ0v) is 17.1. The third kappa shape index (κ3) is 8.51. The van der Waals surface area contributed by atoms with E-state index in [1.54, 1.807) is 12.1 Å². The van der Waals surface area contributed by atoms with Crippen molar-refractivity contribution in [2.75, 3.05) is 6.61 Å². The number of phenolic OH excluding ortho intramolecular Hbond substituents is 1. The Balaban J connectivity index is 1.59. The Morgan fingerprint density at radius 2 is 1.30 bits per heavy atom. The maximum atomic E-state index is 9.38. The highest BCUT2D eigenvalue weighted by Crippen LogP contribution is 2.24. The highest BCUT2D eigenvalue weighted by atomic mass is 16.5. The number of aromatic hydroxyl groups is 1. The van der Waals surface area contributed by atoms with Crippen LogP contribution in [0.1, 0.15) is 71.6 Å². The average molecular weight is 369 g/mol. The topological polar surface area (TPSA) is 29.5 Å². The Morgan fingerprint density at radius 1 is 0.741 bits per heavy atom. The molecule has 0 saturated heterocycles. The SMILES string of the molecule is CCCCCCCCC(C)CCCOc1ccc(-c2ccc(O)cc2)cc1. The average Bonchev–Trinajstić information content (AvgIpc) is 2.69. The molecule has 1 unspecified atom stereocenters. The molecule has 2 rings (SSSR count). The molecule has 2 heteroatoms. The largest absolute Gasteiger partial charge is 0.508 e. The molecule has 2 nitrogen and oxygen atoms in total. The van der Waals surface area contributed by atoms with Crippen LogP contribution in [-0.2, 0) is 0 Å². The first kappa shape index (κ1) is 21.3. The molecule has 27 heavy (non-hydrogen) atoms. The van der Waals surface area contributed by atoms with Crippen molar-refractivity contribution in [1.82, 2.24) is 0 Å². The lowest BCUT2D eigenvalue weighted by Crippen LogP contribution is -2.02. The minimum absolute atomic E-state index is 0.296. The summed E-state index contributed by atoms with van der Waals surface area (Å²) in [6, 6.07) is 15.5. The van der Waals surface area contributed by atoms with Crippen LogP contribution in [-0.4, -0.2) is 11.7 Å². The molecule has 0 aliphatic rings. The molecule has 0 aliphatic heterocycles. The predicted molar refractivity (Wildman–Crippen MR) is 115 cm³/mol. The van der Waals surface area contributed by atoms with Gasteiger partial charge in [0.05, 0.1) is 6.61 Å². The van der Waals surface area contributed by atoms with E-state index in [2.05, 4.69) is 26.0 Å². The minimum atomic E-state index is 0.296. The van der Waals surface area contributed by atoms with Gasteiger partial charge in [0.1, 0.15) is 11.5 Å². The Morgan fingerprint density at radius 3 is 1.96 bits per heavy atom. The summed E-state index contributed by atoms with van der Waals surface area (Å²) in [7, 11) is 0. The van der Waals surface area contributed by atoms with E-state index in [1.165, 1.54) is 51.4 Å². The van der Waals surface area contributed by atoms with E-state index >= 15 is 0 Å². The van der Waals surface area contributed by atoms with E-state index in [1.807, 2.05) is 24.3 Å². The van der Waals surface area contributed by atoms with Crippen molar-refractivity contribution in [2.45, 2.75) is 71.6 Å². The summed E-state index contributed by atoms with van der Waals surface area (Å²) in [6.45, 7) is 5.44. The third-order valence-corrected chi connectivity index (χ3v) is 5.22. The number of rotatable bonds is 13. The van der Waals surface area contributed by atoms with Crippen LogP contribution in [0.25, 0.3) is 11.1 Å². The fourth-order valence-electron chi connectivity index (χ4n) is 3.44. The van der Waals surface area contributed by atoms with Crippen LogP contribution in [0, 0.1) is 5.92 Å². The van der Waals surface area contributed by atoms with Crippen molar-refractivity contribution in [2.24, 2.45) is 5.92 Å². The summed E-state index contributed by atoms with van der Waals surface area (Å²) in [6.07, 6.45) is 12.0. The molecule has 0 heterocycles. The van der Waals surface area contributed by atoms with Gasteiger partial charge in [0.15, 0.2) is 0 Å². The van der Waals surface area contributed by atoms with Gasteiger partial charge in [-0.3, -0.25) is 0 Å². The van der Waals surface area contributed by atoms with Crippen molar-refractivity contribution >= 4 is 0 Å². The van der Waals surface area contributed by atoms with Crippen LogP contribution < -0.4 is 4.74 Å². The molecule has 0 bridgehead atoms. The van der Waals surface area contributed by atoms with E-state index in [0.717, 1.165) is 35.8 Å². The first-order valence-electron chi connectivity index (χ1n) is 10.7. The molecule has 0 fully saturated rings. The molecular formula is C25H36O2. The quantitative estimate of drug-likeness (QED) is 0.369. The second kappa shape index (κ2) is 12.4. The molecule has 0 aliphatic carbocycles. The first-order chi connectivity index (χ1) is 13.2. The van der Waals surface area contributed by atoms with Crippen LogP contribution in [0.4, 0.5) is 0 Å². The fraction of sp³-hybridized carbons (Fsp3) is 0.520. The highest BCUT2D eigenvalue weighted by molar-refractivity contribution is 5.64. The van der Waals surface area contributed by atoms with E-state index in [-0.39, 0.29) is 0 Å². The van der Waals surface area contributed by atoms with Gasteiger partial charge in [-0.05, 0) is 54.2 Å². The van der Waals surface area contributed by atoms with Crippen LogP contribution in [0.2, 0.25) is 0 Å². The summed E-state index contributed by atoms with van der Waals surface area (Å²) in [5.41, 5.74) is 2.23. The van der Waals surface area contributed by atoms with Gasteiger partial charge in [-0.15, -0.1) is 0 Å². The standard InChI is InChI=1S/C25H36O2/c1-3-4-5-6-7-8-10-21(2)11-9-20-27-25-18-14-23(15-19-25)22-12-16-24(26)17-13-22/h12-19,21,26H,3-11,20H2,1-2H3. The molecule has 0 amide bonds. The third-order valence-electron chi connectivity index (χ3n) is 5.22. The predicted octanol–water partition coefficient (Wildman–Crippen LogP) is 7.60. The van der Waals surface area contributed by atoms with Gasteiger partial charge in [0.2, 0.25) is 0 Å². The van der Waals surface area contributed by atoms with Gasteiger partial charge >= 0.3 is 0 Å². The van der Waals surface area contributed by atoms with Crippen molar-refractivity contribution in [3.05, 3.63) is 48.5 Å². The number of phenols is 1. The van der Waals surface area contributed by atoms with E-state index in [0.29, 0.717) is 5.75 Å². The van der Waals surface area contributed by atoms with Crippen molar-refractivity contribution < 1.29 is 9.84 Å². The number of unbranched alkanes of at least 4 members (excludes halogenated alkanes) is 5. The number of hydrogen-bond donors (Lipinski definition) is 1. The van der Waals surface area contributed by atoms with Crippen LogP contribution >= 0.6 is 0 Å². The van der Waals surface area contributed by atoms with E-state index in [4.69, 9.17) is 4.74 Å². The molecule has 0 aromatic heterocycles. The Bertz CT molecular complexity index is 616. The van der Waals surface area contributed by atoms with Crippen LogP contribution in [0.15, 0.2) is 48.5 Å². The summed E-state index contributed by atoms with van der Waals surface area (Å²) in [5.74, 6) is 2.03. The highest BCUT2D eigenvalue weighted by Gasteiger charge is 2.03. The zero-order valence-electron chi connectivity index (χ0n) is 17.1. The van der Waals surface area contributed by atoms with E-state index in [9.17, 15) is 5.11 Å². The fourth-order valence-corrected chi connectivity index (χ4v) is 3.44. The van der Waals surface area contributed by atoms with E-state index < -0.39 is 0 Å². The molecule has 0 radical (unpaired) electrons. The van der Waals surface area contributed by atoms with Gasteiger partial charge < -0.3 is 9.84 Å². The molecular weight excluding hydrogens is 332 g/mol. The first-order valence-corrected chi connectivity index (χ1v) is 10.7. The van der Waals surface area contributed by atoms with Gasteiger partial charge in [-0.25, -0.2) is 0 Å². The summed E-state index contributed by atoms with van der Waals surface area (Å²) >= 11 is 0. The lowest BCUT2D eigenvalue weighted by atomic mass is 9.98. The number of hydrogen-bond acceptors (Lipinski definition) is 2. The molecule has 148 valence electrons. The summed E-state index contributed by atoms with van der Waals surface area (Å²) < 4.78 is 5.90. The number of ether oxygens (including phenoxy) is 1. The lowest BCUT2D eigenvalue weighted by molar-refractivity contribution is 0.291. The van der Waals surface area contributed by atoms with Crippen molar-refractivity contribution in [3.63, 3.8) is 0 Å². The maximum absolute atomic E-state index is 9.38. The Kier molecular flexibility index (Phi) is 9.83. The number of benzene rings is 2. The second-order valence-electron chi connectivity index (χ2n) is 7.72. The Hall–Kier alpha value is -1.96. The summed E-state index contributed by atoms with van der Waals surface area (Å²) in [5, 5.41) is 9.38. The molecule has 1 atom stereocenters. The lowest BCUT2D eigenvalue weighted by Gasteiger charge is -2.12. The normalized spacial score (nSPS) is 12.1. The minimum Gasteiger partial charge on any atom is -0.508 e. The van der Waals surface area contributed by atoms with Crippen LogP contribution in [0.5, 0.6) is 11.5 Å². The smallest absolute Gasteiger partial charge is 0.119 e. The van der Waals surface area contributed by atoms with Crippen molar-refractivity contribution in [3.8, 4) is 22.6 Å². The maximum Gasteiger partial charge on any atom is 0.119 e. The molecule has 0 spiro atoms. The van der Waals surface area contributed by atoms with Gasteiger partial charge in [0.25, 0.3) is 0 Å². The van der Waals surface area contributed by atoms with Crippen molar-refractivity contribution in [1.29, 1.82) is 0 Å². The molecule has 2 aromatic carbocycles. The zero-order chi connectivity index (χ0) is 19.3. The summed E-state index contributed by atoms with van der Waals surface area (Å²) in [4.78, 5) is 0. The Labute approximate surface area is 165 Å². The molecule has 1 N–H and O–H groups in total.